The Bertz CT molecular complexity index is 580. The minimum Gasteiger partial charge on any atom is -0.381 e. The highest BCUT2D eigenvalue weighted by Gasteiger charge is 2.06. The van der Waals surface area contributed by atoms with E-state index in [9.17, 15) is 10.1 Å². The first-order chi connectivity index (χ1) is 9.08. The smallest absolute Gasteiger partial charge is 0.269 e. The van der Waals surface area contributed by atoms with E-state index in [-0.39, 0.29) is 5.69 Å². The molecule has 2 aromatic rings. The van der Waals surface area contributed by atoms with E-state index < -0.39 is 4.92 Å². The summed E-state index contributed by atoms with van der Waals surface area (Å²) in [7, 11) is 0. The molecule has 98 valence electrons. The monoisotopic (exact) mass is 296 g/mol. The molecule has 0 spiro atoms. The number of non-ortho nitro benzene ring substituents is 1. The first-order valence-corrected chi connectivity index (χ1v) is 6.25. The van der Waals surface area contributed by atoms with Gasteiger partial charge < -0.3 is 5.32 Å². The summed E-state index contributed by atoms with van der Waals surface area (Å²) < 4.78 is 0. The van der Waals surface area contributed by atoms with Crippen LogP contribution in [0.3, 0.4) is 0 Å². The Morgan fingerprint density at radius 3 is 2.16 bits per heavy atom. The summed E-state index contributed by atoms with van der Waals surface area (Å²) in [5.74, 6) is 0. The van der Waals surface area contributed by atoms with Gasteiger partial charge in [0.2, 0.25) is 0 Å². The third kappa shape index (κ3) is 3.36. The van der Waals surface area contributed by atoms with Crippen LogP contribution in [0, 0.1) is 10.1 Å². The van der Waals surface area contributed by atoms with Crippen molar-refractivity contribution in [2.45, 2.75) is 6.54 Å². The molecule has 0 bridgehead atoms. The van der Waals surface area contributed by atoms with Gasteiger partial charge in [0.25, 0.3) is 5.69 Å². The number of anilines is 1. The van der Waals surface area contributed by atoms with Gasteiger partial charge in [0, 0.05) is 40.0 Å². The van der Waals surface area contributed by atoms with E-state index in [4.69, 9.17) is 23.2 Å². The molecule has 19 heavy (non-hydrogen) atoms. The number of nitrogens with zero attached hydrogens (tertiary/aromatic N) is 1. The molecule has 0 saturated carbocycles. The average Bonchev–Trinajstić information content (AvgIpc) is 2.38. The summed E-state index contributed by atoms with van der Waals surface area (Å²) in [5, 5.41) is 14.8. The summed E-state index contributed by atoms with van der Waals surface area (Å²) in [5.41, 5.74) is 1.62. The fourth-order valence-electron chi connectivity index (χ4n) is 1.59. The van der Waals surface area contributed by atoms with Gasteiger partial charge in [0.15, 0.2) is 0 Å². The van der Waals surface area contributed by atoms with E-state index >= 15 is 0 Å². The number of hydrogen-bond acceptors (Lipinski definition) is 3. The van der Waals surface area contributed by atoms with E-state index in [2.05, 4.69) is 5.32 Å². The Balaban J connectivity index is 2.08. The van der Waals surface area contributed by atoms with E-state index in [0.29, 0.717) is 16.6 Å². The highest BCUT2D eigenvalue weighted by Crippen LogP contribution is 2.25. The minimum absolute atomic E-state index is 0.0568. The molecule has 0 saturated heterocycles. The van der Waals surface area contributed by atoms with Crippen LogP contribution < -0.4 is 5.32 Å². The van der Waals surface area contributed by atoms with Crippen LogP contribution in [-0.2, 0) is 6.54 Å². The maximum absolute atomic E-state index is 10.5. The highest BCUT2D eigenvalue weighted by atomic mass is 35.5. The van der Waals surface area contributed by atoms with E-state index in [0.717, 1.165) is 11.3 Å². The summed E-state index contributed by atoms with van der Waals surface area (Å²) in [4.78, 5) is 10.1. The predicted octanol–water partition coefficient (Wildman–Crippen LogP) is 4.51. The molecule has 4 nitrogen and oxygen atoms in total. The molecule has 0 fully saturated rings. The Kier molecular flexibility index (Phi) is 4.24. The maximum atomic E-state index is 10.5. The van der Waals surface area contributed by atoms with Crippen LogP contribution in [0.5, 0.6) is 0 Å². The van der Waals surface area contributed by atoms with Gasteiger partial charge in [-0.2, -0.15) is 0 Å². The Labute approximate surface area is 120 Å². The zero-order valence-electron chi connectivity index (χ0n) is 9.77. The molecule has 2 rings (SSSR count). The molecule has 0 aliphatic carbocycles. The lowest BCUT2D eigenvalue weighted by atomic mass is 10.2. The summed E-state index contributed by atoms with van der Waals surface area (Å²) in [6.07, 6.45) is 0. The summed E-state index contributed by atoms with van der Waals surface area (Å²) in [6, 6.07) is 11.5. The Morgan fingerprint density at radius 2 is 1.63 bits per heavy atom. The van der Waals surface area contributed by atoms with Crippen molar-refractivity contribution in [3.63, 3.8) is 0 Å². The Hall–Kier alpha value is -1.78. The van der Waals surface area contributed by atoms with Crippen molar-refractivity contribution in [3.05, 3.63) is 68.2 Å². The molecular weight excluding hydrogens is 287 g/mol. The number of benzene rings is 2. The van der Waals surface area contributed by atoms with Gasteiger partial charge in [-0.25, -0.2) is 0 Å². The van der Waals surface area contributed by atoms with E-state index in [1.165, 1.54) is 12.1 Å². The molecule has 0 amide bonds. The second kappa shape index (κ2) is 5.91. The van der Waals surface area contributed by atoms with Crippen LogP contribution in [0.2, 0.25) is 10.0 Å². The van der Waals surface area contributed by atoms with Crippen LogP contribution in [0.25, 0.3) is 0 Å². The topological polar surface area (TPSA) is 55.2 Å². The number of hydrogen-bond donors (Lipinski definition) is 1. The molecule has 0 aliphatic rings. The van der Waals surface area contributed by atoms with Gasteiger partial charge in [0.05, 0.1) is 4.92 Å². The summed E-state index contributed by atoms with van der Waals surface area (Å²) >= 11 is 12.1. The van der Waals surface area contributed by atoms with Crippen molar-refractivity contribution in [1.29, 1.82) is 0 Å². The maximum Gasteiger partial charge on any atom is 0.269 e. The molecule has 0 radical (unpaired) electrons. The first kappa shape index (κ1) is 13.6. The summed E-state index contributed by atoms with van der Waals surface area (Å²) in [6.45, 7) is 0.455. The van der Waals surface area contributed by atoms with Gasteiger partial charge in [-0.3, -0.25) is 10.1 Å². The van der Waals surface area contributed by atoms with Crippen molar-refractivity contribution in [2.24, 2.45) is 0 Å². The molecule has 0 unspecified atom stereocenters. The molecule has 0 aliphatic heterocycles. The molecular formula is C13H10Cl2N2O2. The molecule has 0 aromatic heterocycles. The molecule has 6 heteroatoms. The normalized spacial score (nSPS) is 10.2. The number of halogens is 2. The van der Waals surface area contributed by atoms with Gasteiger partial charge in [-0.15, -0.1) is 0 Å². The molecule has 0 atom stereocenters. The van der Waals surface area contributed by atoms with Gasteiger partial charge in [0.1, 0.15) is 0 Å². The fourth-order valence-corrected chi connectivity index (χ4v) is 2.12. The standard InChI is InChI=1S/C13H10Cl2N2O2/c14-12-2-1-3-13(15)11(12)8-16-9-4-6-10(7-5-9)17(18)19/h1-7,16H,8H2. The van der Waals surface area contributed by atoms with Gasteiger partial charge >= 0.3 is 0 Å². The van der Waals surface area contributed by atoms with Crippen LogP contribution in [0.15, 0.2) is 42.5 Å². The number of nitro benzene ring substituents is 1. The lowest BCUT2D eigenvalue weighted by Crippen LogP contribution is -2.01. The fraction of sp³-hybridized carbons (Fsp3) is 0.0769. The SMILES string of the molecule is O=[N+]([O-])c1ccc(NCc2c(Cl)cccc2Cl)cc1. The predicted molar refractivity (Wildman–Crippen MR) is 76.9 cm³/mol. The van der Waals surface area contributed by atoms with E-state index in [1.54, 1.807) is 30.3 Å². The highest BCUT2D eigenvalue weighted by molar-refractivity contribution is 6.36. The van der Waals surface area contributed by atoms with Crippen LogP contribution in [0.1, 0.15) is 5.56 Å². The largest absolute Gasteiger partial charge is 0.381 e. The second-order valence-corrected chi connectivity index (χ2v) is 4.67. The second-order valence-electron chi connectivity index (χ2n) is 3.86. The number of nitrogens with one attached hydrogen (secondary N) is 1. The quantitative estimate of drug-likeness (QED) is 0.667. The van der Waals surface area contributed by atoms with Crippen molar-refractivity contribution < 1.29 is 4.92 Å². The lowest BCUT2D eigenvalue weighted by Gasteiger charge is -2.09. The van der Waals surface area contributed by atoms with Gasteiger partial charge in [-0.05, 0) is 24.3 Å². The zero-order valence-corrected chi connectivity index (χ0v) is 11.3. The van der Waals surface area contributed by atoms with Crippen LogP contribution >= 0.6 is 23.2 Å². The third-order valence-corrected chi connectivity index (χ3v) is 3.32. The van der Waals surface area contributed by atoms with Crippen molar-refractivity contribution in [3.8, 4) is 0 Å². The van der Waals surface area contributed by atoms with E-state index in [1.807, 2.05) is 0 Å². The Morgan fingerprint density at radius 1 is 1.05 bits per heavy atom. The third-order valence-electron chi connectivity index (χ3n) is 2.61. The lowest BCUT2D eigenvalue weighted by molar-refractivity contribution is -0.384. The first-order valence-electron chi connectivity index (χ1n) is 5.49. The zero-order chi connectivity index (χ0) is 13.8. The molecule has 1 N–H and O–H groups in total. The van der Waals surface area contributed by atoms with Crippen LogP contribution in [-0.4, -0.2) is 4.92 Å². The van der Waals surface area contributed by atoms with Crippen molar-refractivity contribution in [1.82, 2.24) is 0 Å². The van der Waals surface area contributed by atoms with Gasteiger partial charge in [-0.1, -0.05) is 29.3 Å². The van der Waals surface area contributed by atoms with Crippen molar-refractivity contribution >= 4 is 34.6 Å². The molecule has 2 aromatic carbocycles. The number of nitro groups is 1. The average molecular weight is 297 g/mol. The minimum atomic E-state index is -0.436. The number of rotatable bonds is 4. The molecule has 0 heterocycles. The van der Waals surface area contributed by atoms with Crippen molar-refractivity contribution in [2.75, 3.05) is 5.32 Å². The van der Waals surface area contributed by atoms with Crippen LogP contribution in [0.4, 0.5) is 11.4 Å².